The second kappa shape index (κ2) is 6.88. The first kappa shape index (κ1) is 13.5. The fraction of sp³-hybridized carbons (Fsp3) is 0.923. The standard InChI is InChI=1S/C13H24N2O/c1-13(2,7-5-8-14)11-15-10-12-6-3-4-9-16-12/h12,15H,3-7,9-11H2,1-2H3. The Morgan fingerprint density at radius 2 is 2.25 bits per heavy atom. The van der Waals surface area contributed by atoms with Crippen LogP contribution in [0.2, 0.25) is 0 Å². The van der Waals surface area contributed by atoms with E-state index in [1.165, 1.54) is 19.3 Å². The second-order valence-corrected chi connectivity index (χ2v) is 5.44. The highest BCUT2D eigenvalue weighted by molar-refractivity contribution is 4.79. The van der Waals surface area contributed by atoms with Gasteiger partial charge in [-0.2, -0.15) is 5.26 Å². The fourth-order valence-corrected chi connectivity index (χ4v) is 2.02. The third-order valence-corrected chi connectivity index (χ3v) is 3.16. The zero-order chi connectivity index (χ0) is 11.9. The predicted octanol–water partition coefficient (Wildman–Crippen LogP) is 2.48. The van der Waals surface area contributed by atoms with Gasteiger partial charge in [0.15, 0.2) is 0 Å². The second-order valence-electron chi connectivity index (χ2n) is 5.44. The van der Waals surface area contributed by atoms with E-state index in [1.54, 1.807) is 0 Å². The van der Waals surface area contributed by atoms with Crippen LogP contribution in [-0.4, -0.2) is 25.8 Å². The van der Waals surface area contributed by atoms with Gasteiger partial charge in [0.1, 0.15) is 0 Å². The van der Waals surface area contributed by atoms with Crippen molar-refractivity contribution >= 4 is 0 Å². The molecule has 0 aromatic rings. The lowest BCUT2D eigenvalue weighted by Crippen LogP contribution is -2.37. The van der Waals surface area contributed by atoms with E-state index in [9.17, 15) is 0 Å². The summed E-state index contributed by atoms with van der Waals surface area (Å²) in [5, 5.41) is 12.0. The van der Waals surface area contributed by atoms with E-state index >= 15 is 0 Å². The lowest BCUT2D eigenvalue weighted by Gasteiger charge is -2.27. The van der Waals surface area contributed by atoms with Gasteiger partial charge in [-0.15, -0.1) is 0 Å². The third kappa shape index (κ3) is 5.48. The molecule has 0 aromatic carbocycles. The molecule has 1 aliphatic heterocycles. The molecule has 3 heteroatoms. The van der Waals surface area contributed by atoms with Gasteiger partial charge in [0, 0.05) is 26.1 Å². The molecule has 0 aromatic heterocycles. The van der Waals surface area contributed by atoms with Crippen molar-refractivity contribution in [1.82, 2.24) is 5.32 Å². The first-order valence-electron chi connectivity index (χ1n) is 6.33. The van der Waals surface area contributed by atoms with E-state index in [4.69, 9.17) is 10.00 Å². The smallest absolute Gasteiger partial charge is 0.0699 e. The molecule has 16 heavy (non-hydrogen) atoms. The maximum absolute atomic E-state index is 8.57. The van der Waals surface area contributed by atoms with Gasteiger partial charge in [-0.25, -0.2) is 0 Å². The van der Waals surface area contributed by atoms with Crippen molar-refractivity contribution in [2.75, 3.05) is 19.7 Å². The molecule has 1 aliphatic rings. The van der Waals surface area contributed by atoms with Crippen LogP contribution in [-0.2, 0) is 4.74 Å². The summed E-state index contributed by atoms with van der Waals surface area (Å²) in [5.41, 5.74) is 0.213. The number of hydrogen-bond donors (Lipinski definition) is 1. The van der Waals surface area contributed by atoms with Crippen molar-refractivity contribution in [2.24, 2.45) is 5.41 Å². The zero-order valence-corrected chi connectivity index (χ0v) is 10.6. The molecular formula is C13H24N2O. The van der Waals surface area contributed by atoms with E-state index in [1.807, 2.05) is 0 Å². The molecule has 1 unspecified atom stereocenters. The summed E-state index contributed by atoms with van der Waals surface area (Å²) in [5.74, 6) is 0. The Morgan fingerprint density at radius 1 is 1.44 bits per heavy atom. The summed E-state index contributed by atoms with van der Waals surface area (Å²) in [7, 11) is 0. The van der Waals surface area contributed by atoms with Gasteiger partial charge >= 0.3 is 0 Å². The van der Waals surface area contributed by atoms with Crippen LogP contribution in [0.4, 0.5) is 0 Å². The highest BCUT2D eigenvalue weighted by Crippen LogP contribution is 2.21. The molecule has 3 nitrogen and oxygen atoms in total. The van der Waals surface area contributed by atoms with E-state index < -0.39 is 0 Å². The summed E-state index contributed by atoms with van der Waals surface area (Å²) in [6.07, 6.45) is 5.71. The molecule has 1 heterocycles. The summed E-state index contributed by atoms with van der Waals surface area (Å²) in [6.45, 7) is 7.26. The van der Waals surface area contributed by atoms with Crippen LogP contribution < -0.4 is 5.32 Å². The van der Waals surface area contributed by atoms with Crippen LogP contribution in [0, 0.1) is 16.7 Å². The minimum atomic E-state index is 0.213. The Hall–Kier alpha value is -0.590. The average molecular weight is 224 g/mol. The summed E-state index contributed by atoms with van der Waals surface area (Å²) in [4.78, 5) is 0. The molecule has 1 fully saturated rings. The Balaban J connectivity index is 2.11. The van der Waals surface area contributed by atoms with Crippen molar-refractivity contribution in [3.63, 3.8) is 0 Å². The molecule has 92 valence electrons. The maximum Gasteiger partial charge on any atom is 0.0699 e. The molecule has 0 aliphatic carbocycles. The van der Waals surface area contributed by atoms with Gasteiger partial charge in [-0.3, -0.25) is 0 Å². The molecular weight excluding hydrogens is 200 g/mol. The van der Waals surface area contributed by atoms with Gasteiger partial charge < -0.3 is 10.1 Å². The molecule has 1 atom stereocenters. The number of hydrogen-bond acceptors (Lipinski definition) is 3. The first-order valence-corrected chi connectivity index (χ1v) is 6.33. The Labute approximate surface area is 99.2 Å². The van der Waals surface area contributed by atoms with Gasteiger partial charge in [0.25, 0.3) is 0 Å². The Morgan fingerprint density at radius 3 is 2.88 bits per heavy atom. The molecule has 0 amide bonds. The van der Waals surface area contributed by atoms with Crippen LogP contribution in [0.5, 0.6) is 0 Å². The quantitative estimate of drug-likeness (QED) is 0.754. The maximum atomic E-state index is 8.57. The van der Waals surface area contributed by atoms with Crippen molar-refractivity contribution in [3.05, 3.63) is 0 Å². The molecule has 0 radical (unpaired) electrons. The van der Waals surface area contributed by atoms with Crippen LogP contribution in [0.25, 0.3) is 0 Å². The van der Waals surface area contributed by atoms with Gasteiger partial charge in [-0.05, 0) is 31.1 Å². The van der Waals surface area contributed by atoms with Crippen molar-refractivity contribution in [2.45, 2.75) is 52.1 Å². The average Bonchev–Trinajstić information content (AvgIpc) is 2.28. The molecule has 1 saturated heterocycles. The Kier molecular flexibility index (Phi) is 5.79. The van der Waals surface area contributed by atoms with Crippen LogP contribution >= 0.6 is 0 Å². The Bertz CT molecular complexity index is 227. The van der Waals surface area contributed by atoms with Crippen LogP contribution in [0.1, 0.15) is 46.0 Å². The lowest BCUT2D eigenvalue weighted by molar-refractivity contribution is 0.0157. The van der Waals surface area contributed by atoms with Crippen LogP contribution in [0.3, 0.4) is 0 Å². The van der Waals surface area contributed by atoms with E-state index in [0.29, 0.717) is 12.5 Å². The van der Waals surface area contributed by atoms with Crippen molar-refractivity contribution in [1.29, 1.82) is 5.26 Å². The summed E-state index contributed by atoms with van der Waals surface area (Å²) >= 11 is 0. The molecule has 0 bridgehead atoms. The molecule has 1 N–H and O–H groups in total. The largest absolute Gasteiger partial charge is 0.377 e. The monoisotopic (exact) mass is 224 g/mol. The first-order chi connectivity index (χ1) is 7.64. The van der Waals surface area contributed by atoms with Crippen molar-refractivity contribution in [3.8, 4) is 6.07 Å². The zero-order valence-electron chi connectivity index (χ0n) is 10.6. The topological polar surface area (TPSA) is 45.0 Å². The molecule has 0 saturated carbocycles. The molecule has 0 spiro atoms. The number of rotatable bonds is 6. The van der Waals surface area contributed by atoms with E-state index in [2.05, 4.69) is 25.2 Å². The summed E-state index contributed by atoms with van der Waals surface area (Å²) < 4.78 is 5.66. The van der Waals surface area contributed by atoms with Gasteiger partial charge in [0.2, 0.25) is 0 Å². The van der Waals surface area contributed by atoms with Gasteiger partial charge in [-0.1, -0.05) is 13.8 Å². The molecule has 1 rings (SSSR count). The van der Waals surface area contributed by atoms with Gasteiger partial charge in [0.05, 0.1) is 12.2 Å². The highest BCUT2D eigenvalue weighted by atomic mass is 16.5. The fourth-order valence-electron chi connectivity index (χ4n) is 2.02. The number of nitriles is 1. The van der Waals surface area contributed by atoms with E-state index in [-0.39, 0.29) is 5.41 Å². The minimum Gasteiger partial charge on any atom is -0.377 e. The van der Waals surface area contributed by atoms with Crippen molar-refractivity contribution < 1.29 is 4.74 Å². The number of nitrogens with one attached hydrogen (secondary N) is 1. The normalized spacial score (nSPS) is 21.7. The van der Waals surface area contributed by atoms with Crippen LogP contribution in [0.15, 0.2) is 0 Å². The van der Waals surface area contributed by atoms with E-state index in [0.717, 1.165) is 26.1 Å². The highest BCUT2D eigenvalue weighted by Gasteiger charge is 2.18. The number of ether oxygens (including phenoxy) is 1. The SMILES string of the molecule is CC(C)(CCC#N)CNCC1CCCCO1. The number of nitrogens with zero attached hydrogens (tertiary/aromatic N) is 1. The predicted molar refractivity (Wildman–Crippen MR) is 65.1 cm³/mol. The lowest BCUT2D eigenvalue weighted by atomic mass is 9.88. The minimum absolute atomic E-state index is 0.213. The summed E-state index contributed by atoms with van der Waals surface area (Å²) in [6, 6.07) is 2.21. The third-order valence-electron chi connectivity index (χ3n) is 3.16.